The highest BCUT2D eigenvalue weighted by molar-refractivity contribution is 7.89. The maximum absolute atomic E-state index is 12.3. The Morgan fingerprint density at radius 1 is 1.25 bits per heavy atom. The van der Waals surface area contributed by atoms with E-state index in [4.69, 9.17) is 4.74 Å². The number of hydrogen-bond acceptors (Lipinski definition) is 5. The third-order valence-corrected chi connectivity index (χ3v) is 6.71. The minimum Gasteiger partial charge on any atom is -0.379 e. The van der Waals surface area contributed by atoms with Gasteiger partial charge >= 0.3 is 0 Å². The van der Waals surface area contributed by atoms with E-state index in [1.807, 2.05) is 6.92 Å². The van der Waals surface area contributed by atoms with Gasteiger partial charge in [0.05, 0.1) is 24.9 Å². The van der Waals surface area contributed by atoms with Gasteiger partial charge in [-0.1, -0.05) is 6.92 Å². The van der Waals surface area contributed by atoms with Gasteiger partial charge in [0.25, 0.3) is 0 Å². The van der Waals surface area contributed by atoms with Crippen molar-refractivity contribution < 1.29 is 17.9 Å². The number of morpholine rings is 1. The minimum atomic E-state index is -3.20. The number of nitrogens with one attached hydrogen (secondary N) is 1. The van der Waals surface area contributed by atoms with Crippen molar-refractivity contribution >= 4 is 15.9 Å². The predicted octanol–water partition coefficient (Wildman–Crippen LogP) is 0.277. The van der Waals surface area contributed by atoms with Gasteiger partial charge in [0.15, 0.2) is 0 Å². The first-order valence-corrected chi connectivity index (χ1v) is 10.7. The summed E-state index contributed by atoms with van der Waals surface area (Å²) in [4.78, 5) is 14.7. The summed E-state index contributed by atoms with van der Waals surface area (Å²) in [6.45, 7) is 7.84. The molecular formula is C16H31N3O4S. The second-order valence-corrected chi connectivity index (χ2v) is 8.70. The summed E-state index contributed by atoms with van der Waals surface area (Å²) in [5, 5.41) is 2.98. The zero-order valence-corrected chi connectivity index (χ0v) is 15.5. The van der Waals surface area contributed by atoms with Crippen LogP contribution in [0.5, 0.6) is 0 Å². The molecule has 8 heteroatoms. The topological polar surface area (TPSA) is 79.0 Å². The zero-order chi connectivity index (χ0) is 17.4. The maximum Gasteiger partial charge on any atom is 0.224 e. The SMILES string of the molecule is CCCS(=O)(=O)N1CCCC(C(=O)NCCCN2CCOCC2)C1. The van der Waals surface area contributed by atoms with Crippen molar-refractivity contribution in [3.63, 3.8) is 0 Å². The Labute approximate surface area is 145 Å². The predicted molar refractivity (Wildman–Crippen MR) is 93.3 cm³/mol. The molecule has 2 rings (SSSR count). The van der Waals surface area contributed by atoms with Crippen molar-refractivity contribution in [2.24, 2.45) is 5.92 Å². The van der Waals surface area contributed by atoms with Crippen molar-refractivity contribution in [1.29, 1.82) is 0 Å². The van der Waals surface area contributed by atoms with Gasteiger partial charge in [0, 0.05) is 32.7 Å². The van der Waals surface area contributed by atoms with Crippen LogP contribution in [0.15, 0.2) is 0 Å². The lowest BCUT2D eigenvalue weighted by atomic mass is 9.99. The average molecular weight is 362 g/mol. The molecule has 0 aliphatic carbocycles. The van der Waals surface area contributed by atoms with Crippen molar-refractivity contribution in [2.75, 3.05) is 58.2 Å². The fourth-order valence-corrected chi connectivity index (χ4v) is 4.87. The second kappa shape index (κ2) is 9.70. The Hall–Kier alpha value is -0.700. The van der Waals surface area contributed by atoms with Gasteiger partial charge in [-0.15, -0.1) is 0 Å². The molecule has 1 amide bonds. The van der Waals surface area contributed by atoms with Crippen LogP contribution in [-0.2, 0) is 19.6 Å². The number of rotatable bonds is 8. The summed E-state index contributed by atoms with van der Waals surface area (Å²) in [6, 6.07) is 0. The first-order valence-electron chi connectivity index (χ1n) is 9.08. The smallest absolute Gasteiger partial charge is 0.224 e. The Bertz CT molecular complexity index is 492. The highest BCUT2D eigenvalue weighted by atomic mass is 32.2. The van der Waals surface area contributed by atoms with Crippen LogP contribution < -0.4 is 5.32 Å². The third kappa shape index (κ3) is 5.98. The quantitative estimate of drug-likeness (QED) is 0.628. The van der Waals surface area contributed by atoms with E-state index < -0.39 is 10.0 Å². The number of hydrogen-bond donors (Lipinski definition) is 1. The number of piperidine rings is 1. The molecule has 0 aromatic heterocycles. The molecule has 0 bridgehead atoms. The van der Waals surface area contributed by atoms with Crippen LogP contribution in [0, 0.1) is 5.92 Å². The molecule has 24 heavy (non-hydrogen) atoms. The van der Waals surface area contributed by atoms with Gasteiger partial charge in [-0.05, 0) is 32.2 Å². The number of nitrogens with zero attached hydrogens (tertiary/aromatic N) is 2. The number of carbonyl (C=O) groups excluding carboxylic acids is 1. The van der Waals surface area contributed by atoms with E-state index in [1.165, 1.54) is 4.31 Å². The summed E-state index contributed by atoms with van der Waals surface area (Å²) < 4.78 is 31.1. The summed E-state index contributed by atoms with van der Waals surface area (Å²) >= 11 is 0. The van der Waals surface area contributed by atoms with Gasteiger partial charge in [0.1, 0.15) is 0 Å². The fourth-order valence-electron chi connectivity index (χ4n) is 3.28. The molecule has 0 aromatic carbocycles. The number of amides is 1. The second-order valence-electron chi connectivity index (χ2n) is 6.61. The molecule has 0 spiro atoms. The summed E-state index contributed by atoms with van der Waals surface area (Å²) in [7, 11) is -3.20. The van der Waals surface area contributed by atoms with E-state index in [1.54, 1.807) is 0 Å². The van der Waals surface area contributed by atoms with E-state index in [0.29, 0.717) is 26.1 Å². The zero-order valence-electron chi connectivity index (χ0n) is 14.7. The first kappa shape index (κ1) is 19.6. The molecule has 2 fully saturated rings. The molecule has 1 unspecified atom stereocenters. The van der Waals surface area contributed by atoms with E-state index >= 15 is 0 Å². The van der Waals surface area contributed by atoms with Crippen LogP contribution in [0.25, 0.3) is 0 Å². The van der Waals surface area contributed by atoms with Crippen LogP contribution in [0.2, 0.25) is 0 Å². The average Bonchev–Trinajstić information content (AvgIpc) is 2.59. The van der Waals surface area contributed by atoms with Crippen LogP contribution >= 0.6 is 0 Å². The molecular weight excluding hydrogens is 330 g/mol. The first-order chi connectivity index (χ1) is 11.5. The number of carbonyl (C=O) groups is 1. The molecule has 1 atom stereocenters. The monoisotopic (exact) mass is 361 g/mol. The molecule has 140 valence electrons. The fraction of sp³-hybridized carbons (Fsp3) is 0.938. The van der Waals surface area contributed by atoms with E-state index in [0.717, 1.165) is 52.1 Å². The maximum atomic E-state index is 12.3. The number of ether oxygens (including phenoxy) is 1. The highest BCUT2D eigenvalue weighted by Crippen LogP contribution is 2.20. The Morgan fingerprint density at radius 3 is 2.71 bits per heavy atom. The normalized spacial score (nSPS) is 24.0. The number of sulfonamides is 1. The molecule has 7 nitrogen and oxygen atoms in total. The third-order valence-electron chi connectivity index (χ3n) is 4.66. The van der Waals surface area contributed by atoms with E-state index in [9.17, 15) is 13.2 Å². The van der Waals surface area contributed by atoms with Crippen LogP contribution in [0.1, 0.15) is 32.6 Å². The lowest BCUT2D eigenvalue weighted by Gasteiger charge is -2.31. The lowest BCUT2D eigenvalue weighted by Crippen LogP contribution is -2.46. The molecule has 0 radical (unpaired) electrons. The summed E-state index contributed by atoms with van der Waals surface area (Å²) in [5.74, 6) is -0.0527. The van der Waals surface area contributed by atoms with Crippen LogP contribution in [-0.4, -0.2) is 81.8 Å². The molecule has 1 N–H and O–H groups in total. The highest BCUT2D eigenvalue weighted by Gasteiger charge is 2.31. The van der Waals surface area contributed by atoms with Crippen LogP contribution in [0.4, 0.5) is 0 Å². The molecule has 2 saturated heterocycles. The van der Waals surface area contributed by atoms with Gasteiger partial charge in [-0.2, -0.15) is 0 Å². The van der Waals surface area contributed by atoms with Crippen molar-refractivity contribution in [1.82, 2.24) is 14.5 Å². The Morgan fingerprint density at radius 2 is 2.00 bits per heavy atom. The molecule has 0 saturated carbocycles. The molecule has 2 aliphatic rings. The molecule has 2 heterocycles. The lowest BCUT2D eigenvalue weighted by molar-refractivity contribution is -0.126. The van der Waals surface area contributed by atoms with Gasteiger partial charge in [0.2, 0.25) is 15.9 Å². The summed E-state index contributed by atoms with van der Waals surface area (Å²) in [5.41, 5.74) is 0. The van der Waals surface area contributed by atoms with E-state index in [-0.39, 0.29) is 17.6 Å². The Balaban J connectivity index is 1.69. The summed E-state index contributed by atoms with van der Waals surface area (Å²) in [6.07, 6.45) is 3.05. The van der Waals surface area contributed by atoms with Gasteiger partial charge in [-0.25, -0.2) is 12.7 Å². The van der Waals surface area contributed by atoms with Crippen LogP contribution in [0.3, 0.4) is 0 Å². The minimum absolute atomic E-state index is 0.00613. The standard InChI is InChI=1S/C16H31N3O4S/c1-2-13-24(21,22)19-8-3-5-15(14-19)16(20)17-6-4-7-18-9-11-23-12-10-18/h15H,2-14H2,1H3,(H,17,20). The van der Waals surface area contributed by atoms with E-state index in [2.05, 4.69) is 10.2 Å². The van der Waals surface area contributed by atoms with Crippen molar-refractivity contribution in [2.45, 2.75) is 32.6 Å². The van der Waals surface area contributed by atoms with Gasteiger partial charge < -0.3 is 10.1 Å². The Kier molecular flexibility index (Phi) is 7.93. The van der Waals surface area contributed by atoms with Crippen molar-refractivity contribution in [3.8, 4) is 0 Å². The molecule has 0 aromatic rings. The largest absolute Gasteiger partial charge is 0.379 e. The molecule has 2 aliphatic heterocycles. The van der Waals surface area contributed by atoms with Gasteiger partial charge in [-0.3, -0.25) is 9.69 Å². The van der Waals surface area contributed by atoms with Crippen molar-refractivity contribution in [3.05, 3.63) is 0 Å².